The van der Waals surface area contributed by atoms with Crippen LogP contribution in [0.15, 0.2) is 48.2 Å². The Bertz CT molecular complexity index is 746. The number of benzene rings is 1. The summed E-state index contributed by atoms with van der Waals surface area (Å²) >= 11 is 0. The zero-order valence-corrected chi connectivity index (χ0v) is 20.0. The summed E-state index contributed by atoms with van der Waals surface area (Å²) in [5.74, 6) is 1.16. The first kappa shape index (κ1) is 21.0. The topological polar surface area (TPSA) is 9.23 Å². The molecule has 1 aromatic rings. The molecule has 0 fully saturated rings. The number of aryl methyl sites for hydroxylation is 1. The zero-order chi connectivity index (χ0) is 19.8. The van der Waals surface area contributed by atoms with Crippen molar-refractivity contribution in [1.29, 1.82) is 0 Å². The van der Waals surface area contributed by atoms with Crippen LogP contribution >= 0.6 is 0 Å². The predicted octanol–water partition coefficient (Wildman–Crippen LogP) is 5.62. The Morgan fingerprint density at radius 2 is 1.73 bits per heavy atom. The fourth-order valence-electron chi connectivity index (χ4n) is 3.49. The highest BCUT2D eigenvalue weighted by molar-refractivity contribution is 6.98. The van der Waals surface area contributed by atoms with Gasteiger partial charge in [-0.25, -0.2) is 0 Å². The normalized spacial score (nSPS) is 15.2. The summed E-state index contributed by atoms with van der Waals surface area (Å²) in [7, 11) is -3.51. The Hall–Kier alpha value is -1.33. The second kappa shape index (κ2) is 7.36. The highest BCUT2D eigenvalue weighted by Crippen LogP contribution is 2.38. The molecule has 0 bridgehead atoms. The van der Waals surface area contributed by atoms with E-state index in [0.29, 0.717) is 6.61 Å². The molecule has 3 heteroatoms. The first-order valence-electron chi connectivity index (χ1n) is 9.68. The molecular weight excluding hydrogens is 348 g/mol. The van der Waals surface area contributed by atoms with Gasteiger partial charge in [-0.2, -0.15) is 0 Å². The van der Waals surface area contributed by atoms with Crippen LogP contribution < -0.4 is 15.1 Å². The van der Waals surface area contributed by atoms with E-state index in [9.17, 15) is 0 Å². The van der Waals surface area contributed by atoms with Gasteiger partial charge in [-0.3, -0.25) is 0 Å². The van der Waals surface area contributed by atoms with E-state index in [2.05, 4.69) is 90.8 Å². The number of hydrogen-bond donors (Lipinski definition) is 0. The largest absolute Gasteiger partial charge is 0.490 e. The lowest BCUT2D eigenvalue weighted by molar-refractivity contribution is 0.368. The molecule has 0 unspecified atom stereocenters. The Morgan fingerprint density at radius 3 is 2.23 bits per heavy atom. The van der Waals surface area contributed by atoms with Gasteiger partial charge in [0.05, 0.1) is 8.07 Å². The molecule has 0 saturated heterocycles. The van der Waals surface area contributed by atoms with Crippen molar-refractivity contribution in [2.24, 2.45) is 0 Å². The summed E-state index contributed by atoms with van der Waals surface area (Å²) < 4.78 is 6.40. The maximum Gasteiger partial charge on any atom is 0.118 e. The van der Waals surface area contributed by atoms with Crippen LogP contribution in [0.1, 0.15) is 32.8 Å². The lowest BCUT2D eigenvalue weighted by Gasteiger charge is -2.40. The van der Waals surface area contributed by atoms with E-state index in [1.807, 2.05) is 6.08 Å². The van der Waals surface area contributed by atoms with E-state index in [1.54, 1.807) is 5.20 Å². The molecule has 0 spiro atoms. The number of ether oxygens (including phenoxy) is 1. The summed E-state index contributed by atoms with van der Waals surface area (Å²) in [5.41, 5.74) is 1.36. The van der Waals surface area contributed by atoms with Gasteiger partial charge in [-0.1, -0.05) is 101 Å². The smallest absolute Gasteiger partial charge is 0.118 e. The highest BCUT2D eigenvalue weighted by Gasteiger charge is 2.42. The summed E-state index contributed by atoms with van der Waals surface area (Å²) in [4.78, 5) is 0. The average Bonchev–Trinajstić information content (AvgIpc) is 3.07. The molecule has 1 aliphatic rings. The maximum absolute atomic E-state index is 6.40. The van der Waals surface area contributed by atoms with Crippen LogP contribution in [0.25, 0.3) is 0 Å². The van der Waals surface area contributed by atoms with E-state index >= 15 is 0 Å². The Balaban J connectivity index is 2.74. The molecule has 1 nitrogen and oxygen atoms in total. The average molecular weight is 385 g/mol. The molecule has 26 heavy (non-hydrogen) atoms. The van der Waals surface area contributed by atoms with Crippen molar-refractivity contribution in [3.8, 4) is 5.75 Å². The molecule has 1 aliphatic carbocycles. The summed E-state index contributed by atoms with van der Waals surface area (Å²) in [6.07, 6.45) is 9.77. The highest BCUT2D eigenvalue weighted by atomic mass is 28.3. The van der Waals surface area contributed by atoms with Crippen molar-refractivity contribution in [1.82, 2.24) is 0 Å². The minimum absolute atomic E-state index is 0.268. The number of hydrogen-bond acceptors (Lipinski definition) is 1. The van der Waals surface area contributed by atoms with Gasteiger partial charge in [0.15, 0.2) is 0 Å². The van der Waals surface area contributed by atoms with Gasteiger partial charge < -0.3 is 4.74 Å². The van der Waals surface area contributed by atoms with Gasteiger partial charge >= 0.3 is 0 Å². The quantitative estimate of drug-likeness (QED) is 0.457. The third kappa shape index (κ3) is 3.84. The summed E-state index contributed by atoms with van der Waals surface area (Å²) in [6, 6.07) is 4.78. The van der Waals surface area contributed by atoms with E-state index in [4.69, 9.17) is 4.74 Å². The third-order valence-electron chi connectivity index (χ3n) is 6.37. The van der Waals surface area contributed by atoms with Crippen LogP contribution in [0, 0.1) is 6.92 Å². The molecule has 0 radical (unpaired) electrons. The molecule has 2 rings (SSSR count). The van der Waals surface area contributed by atoms with Gasteiger partial charge in [0.25, 0.3) is 0 Å². The third-order valence-corrected chi connectivity index (χ3v) is 15.5. The monoisotopic (exact) mass is 384 g/mol. The van der Waals surface area contributed by atoms with Crippen LogP contribution in [0.4, 0.5) is 0 Å². The molecule has 0 saturated carbocycles. The van der Waals surface area contributed by atoms with Crippen molar-refractivity contribution in [2.45, 2.75) is 65.3 Å². The minimum Gasteiger partial charge on any atom is -0.490 e. The first-order chi connectivity index (χ1) is 11.9. The Labute approximate surface area is 162 Å². The first-order valence-corrected chi connectivity index (χ1v) is 15.7. The molecule has 1 aromatic carbocycles. The lowest BCUT2D eigenvalue weighted by atomic mass is 10.2. The van der Waals surface area contributed by atoms with Crippen LogP contribution in [0.5, 0.6) is 5.75 Å². The van der Waals surface area contributed by atoms with Crippen molar-refractivity contribution < 1.29 is 4.74 Å². The predicted molar refractivity (Wildman–Crippen MR) is 123 cm³/mol. The molecule has 0 amide bonds. The van der Waals surface area contributed by atoms with Crippen molar-refractivity contribution in [3.05, 3.63) is 53.8 Å². The van der Waals surface area contributed by atoms with Gasteiger partial charge in [0.1, 0.15) is 20.4 Å². The van der Waals surface area contributed by atoms with Crippen molar-refractivity contribution in [2.75, 3.05) is 6.61 Å². The summed E-state index contributed by atoms with van der Waals surface area (Å²) in [6.45, 7) is 23.7. The molecule has 0 atom stereocenters. The fourth-order valence-corrected chi connectivity index (χ4v) is 8.63. The zero-order valence-electron chi connectivity index (χ0n) is 18.0. The van der Waals surface area contributed by atoms with Crippen LogP contribution in [-0.4, -0.2) is 22.8 Å². The van der Waals surface area contributed by atoms with Gasteiger partial charge in [0.2, 0.25) is 0 Å². The summed E-state index contributed by atoms with van der Waals surface area (Å²) in [5, 5.41) is 4.78. The van der Waals surface area contributed by atoms with Gasteiger partial charge in [0, 0.05) is 0 Å². The SMILES string of the molecule is C=CCOc1c([Si](C)(C)C2=CC=CC2)cc(C)cc1[Si](C)(C)C(C)(C)C. The van der Waals surface area contributed by atoms with E-state index in [0.717, 1.165) is 12.2 Å². The van der Waals surface area contributed by atoms with Crippen molar-refractivity contribution >= 4 is 26.5 Å². The van der Waals surface area contributed by atoms with E-state index in [-0.39, 0.29) is 5.04 Å². The Morgan fingerprint density at radius 1 is 1.12 bits per heavy atom. The fraction of sp³-hybridized carbons (Fsp3) is 0.478. The second-order valence-electron chi connectivity index (χ2n) is 9.61. The Kier molecular flexibility index (Phi) is 5.94. The molecule has 142 valence electrons. The molecular formula is C23H36OSi2. The number of rotatable bonds is 6. The van der Waals surface area contributed by atoms with E-state index < -0.39 is 16.1 Å². The van der Waals surface area contributed by atoms with Gasteiger partial charge in [-0.05, 0) is 28.8 Å². The number of allylic oxidation sites excluding steroid dienone is 4. The van der Waals surface area contributed by atoms with E-state index in [1.165, 1.54) is 15.9 Å². The molecule has 0 aliphatic heterocycles. The second-order valence-corrected chi connectivity index (χ2v) is 19.3. The van der Waals surface area contributed by atoms with Crippen LogP contribution in [-0.2, 0) is 0 Å². The maximum atomic E-state index is 6.40. The van der Waals surface area contributed by atoms with Gasteiger partial charge in [-0.15, -0.1) is 0 Å². The minimum atomic E-state index is -1.78. The standard InChI is InChI=1S/C23H36OSi2/c1-10-15-24-22-20(25(6,7)19-13-11-12-14-19)16-18(2)17-21(22)26(8,9)23(3,4)5/h10-13,16-17H,1,14-15H2,2-9H3. The molecule has 0 N–H and O–H groups in total. The van der Waals surface area contributed by atoms with Crippen molar-refractivity contribution in [3.63, 3.8) is 0 Å². The lowest BCUT2D eigenvalue weighted by Crippen LogP contribution is -2.54. The van der Waals surface area contributed by atoms with Crippen LogP contribution in [0.3, 0.4) is 0 Å². The van der Waals surface area contributed by atoms with Crippen LogP contribution in [0.2, 0.25) is 31.2 Å². The molecule has 0 heterocycles. The molecule has 0 aromatic heterocycles.